The minimum absolute atomic E-state index is 0.129. The summed E-state index contributed by atoms with van der Waals surface area (Å²) in [5.41, 5.74) is 0. The molecule has 0 bridgehead atoms. The molecule has 0 aromatic heterocycles. The molecule has 310 valence electrons. The lowest BCUT2D eigenvalue weighted by molar-refractivity contribution is -0.166. The smallest absolute Gasteiger partial charge is 0.306 e. The van der Waals surface area contributed by atoms with E-state index in [2.05, 4.69) is 75.5 Å². The minimum atomic E-state index is -0.833. The lowest BCUT2D eigenvalue weighted by atomic mass is 10.1. The molecular formula is C49H78O6. The number of hydrogen-bond acceptors (Lipinski definition) is 6. The Bertz CT molecular complexity index is 1150. The second-order valence-electron chi connectivity index (χ2n) is 14.0. The number of ether oxygens (including phenoxy) is 3. The van der Waals surface area contributed by atoms with E-state index in [4.69, 9.17) is 14.2 Å². The van der Waals surface area contributed by atoms with Crippen LogP contribution in [0, 0.1) is 0 Å². The average Bonchev–Trinajstić information content (AvgIpc) is 3.18. The van der Waals surface area contributed by atoms with Crippen LogP contribution >= 0.6 is 0 Å². The molecule has 0 radical (unpaired) electrons. The van der Waals surface area contributed by atoms with Gasteiger partial charge >= 0.3 is 17.9 Å². The summed E-state index contributed by atoms with van der Waals surface area (Å²) in [6.07, 6.45) is 55.5. The van der Waals surface area contributed by atoms with Gasteiger partial charge in [-0.05, 0) is 77.0 Å². The van der Waals surface area contributed by atoms with Gasteiger partial charge in [-0.2, -0.15) is 0 Å². The maximum atomic E-state index is 12.7. The Morgan fingerprint density at radius 3 is 1.40 bits per heavy atom. The number of esters is 3. The molecule has 0 heterocycles. The fraction of sp³-hybridized carbons (Fsp3) is 0.612. The van der Waals surface area contributed by atoms with Crippen molar-refractivity contribution in [1.29, 1.82) is 0 Å². The van der Waals surface area contributed by atoms with Crippen LogP contribution in [0.15, 0.2) is 97.2 Å². The summed E-state index contributed by atoms with van der Waals surface area (Å²) in [7, 11) is 0. The van der Waals surface area contributed by atoms with Crippen LogP contribution in [0.1, 0.15) is 175 Å². The van der Waals surface area contributed by atoms with Crippen LogP contribution in [0.2, 0.25) is 0 Å². The van der Waals surface area contributed by atoms with Crippen LogP contribution in [-0.4, -0.2) is 37.2 Å². The molecule has 0 amide bonds. The van der Waals surface area contributed by atoms with Gasteiger partial charge in [0.1, 0.15) is 13.2 Å². The van der Waals surface area contributed by atoms with E-state index >= 15 is 0 Å². The van der Waals surface area contributed by atoms with Gasteiger partial charge in [0.15, 0.2) is 6.10 Å². The van der Waals surface area contributed by atoms with E-state index in [1.807, 2.05) is 42.5 Å². The molecule has 0 fully saturated rings. The second kappa shape index (κ2) is 43.1. The Kier molecular flexibility index (Phi) is 40.2. The predicted molar refractivity (Wildman–Crippen MR) is 233 cm³/mol. The van der Waals surface area contributed by atoms with Gasteiger partial charge in [-0.15, -0.1) is 0 Å². The third-order valence-corrected chi connectivity index (χ3v) is 8.68. The number of rotatable bonds is 37. The Morgan fingerprint density at radius 2 is 0.836 bits per heavy atom. The molecule has 0 rings (SSSR count). The van der Waals surface area contributed by atoms with Gasteiger partial charge in [0.25, 0.3) is 0 Å². The zero-order chi connectivity index (χ0) is 40.1. The summed E-state index contributed by atoms with van der Waals surface area (Å²) in [5, 5.41) is 0. The van der Waals surface area contributed by atoms with E-state index in [0.29, 0.717) is 19.3 Å². The molecule has 0 saturated heterocycles. The van der Waals surface area contributed by atoms with Crippen LogP contribution in [-0.2, 0) is 28.6 Å². The van der Waals surface area contributed by atoms with Crippen molar-refractivity contribution in [3.05, 3.63) is 97.2 Å². The van der Waals surface area contributed by atoms with E-state index < -0.39 is 12.1 Å². The van der Waals surface area contributed by atoms with E-state index in [-0.39, 0.29) is 31.6 Å². The lowest BCUT2D eigenvalue weighted by Gasteiger charge is -2.18. The molecule has 0 aromatic carbocycles. The number of allylic oxidation sites excluding steroid dienone is 16. The Morgan fingerprint density at radius 1 is 0.400 bits per heavy atom. The molecule has 0 aliphatic carbocycles. The van der Waals surface area contributed by atoms with Gasteiger partial charge in [0.2, 0.25) is 0 Å². The summed E-state index contributed by atoms with van der Waals surface area (Å²) in [5.74, 6) is -1.08. The molecule has 6 heteroatoms. The highest BCUT2D eigenvalue weighted by Crippen LogP contribution is 2.10. The van der Waals surface area contributed by atoms with Crippen LogP contribution in [0.5, 0.6) is 0 Å². The zero-order valence-corrected chi connectivity index (χ0v) is 35.1. The summed E-state index contributed by atoms with van der Waals surface area (Å²) in [6, 6.07) is 0. The Balaban J connectivity index is 4.59. The third-order valence-electron chi connectivity index (χ3n) is 8.68. The highest BCUT2D eigenvalue weighted by Gasteiger charge is 2.19. The predicted octanol–water partition coefficient (Wildman–Crippen LogP) is 13.9. The van der Waals surface area contributed by atoms with Crippen molar-refractivity contribution in [2.24, 2.45) is 0 Å². The topological polar surface area (TPSA) is 78.9 Å². The first kappa shape index (κ1) is 51.3. The SMILES string of the molecule is CC\C=C/C=C\C=C/C=C\CCCCCC(=O)OCC(COC(=O)CCCCC/C=C\C=C/CCCC)OC(=O)CC/C=C\C/C=C\CCCCCCCC. The van der Waals surface area contributed by atoms with Crippen molar-refractivity contribution in [2.75, 3.05) is 13.2 Å². The zero-order valence-electron chi connectivity index (χ0n) is 35.1. The average molecular weight is 763 g/mol. The molecular weight excluding hydrogens is 685 g/mol. The third kappa shape index (κ3) is 41.3. The van der Waals surface area contributed by atoms with Gasteiger partial charge < -0.3 is 14.2 Å². The quantitative estimate of drug-likeness (QED) is 0.0206. The fourth-order valence-electron chi connectivity index (χ4n) is 5.36. The minimum Gasteiger partial charge on any atom is -0.462 e. The van der Waals surface area contributed by atoms with Crippen LogP contribution in [0.25, 0.3) is 0 Å². The standard InChI is InChI=1S/C49H78O6/c1-4-7-10-13-16-19-22-24-27-30-33-36-39-42-48(51)54-45-46(44-53-47(50)41-38-35-32-29-26-21-18-15-12-9-6-3)55-49(52)43-40-37-34-31-28-25-23-20-17-14-11-8-5-2/h7,10,13,15-16,18-19,21-22,24-28,34,37,46H,4-6,8-9,11-12,14,17,20,23,29-33,35-36,38-45H2,1-3H3/b10-7-,16-13-,18-15-,22-19-,26-21-,27-24-,28-25-,37-34-. The van der Waals surface area contributed by atoms with Crippen molar-refractivity contribution in [3.63, 3.8) is 0 Å². The number of carbonyl (C=O) groups excluding carboxylic acids is 3. The van der Waals surface area contributed by atoms with E-state index in [1.165, 1.54) is 51.4 Å². The van der Waals surface area contributed by atoms with Crippen LogP contribution in [0.4, 0.5) is 0 Å². The Hall–Kier alpha value is -3.67. The summed E-state index contributed by atoms with van der Waals surface area (Å²) >= 11 is 0. The first-order chi connectivity index (χ1) is 27.0. The van der Waals surface area contributed by atoms with Crippen LogP contribution < -0.4 is 0 Å². The number of hydrogen-bond donors (Lipinski definition) is 0. The maximum absolute atomic E-state index is 12.7. The molecule has 0 N–H and O–H groups in total. The van der Waals surface area contributed by atoms with E-state index in [1.54, 1.807) is 0 Å². The monoisotopic (exact) mass is 763 g/mol. The van der Waals surface area contributed by atoms with E-state index in [0.717, 1.165) is 77.0 Å². The molecule has 0 aromatic rings. The van der Waals surface area contributed by atoms with Gasteiger partial charge in [-0.25, -0.2) is 0 Å². The fourth-order valence-corrected chi connectivity index (χ4v) is 5.36. The highest BCUT2D eigenvalue weighted by atomic mass is 16.6. The van der Waals surface area contributed by atoms with Crippen molar-refractivity contribution in [2.45, 2.75) is 181 Å². The van der Waals surface area contributed by atoms with Crippen molar-refractivity contribution >= 4 is 17.9 Å². The van der Waals surface area contributed by atoms with Crippen molar-refractivity contribution < 1.29 is 28.6 Å². The van der Waals surface area contributed by atoms with Gasteiger partial charge in [-0.3, -0.25) is 14.4 Å². The molecule has 0 saturated carbocycles. The number of carbonyl (C=O) groups is 3. The lowest BCUT2D eigenvalue weighted by Crippen LogP contribution is -2.30. The number of unbranched alkanes of at least 4 members (excludes halogenated alkanes) is 14. The summed E-state index contributed by atoms with van der Waals surface area (Å²) in [4.78, 5) is 37.6. The van der Waals surface area contributed by atoms with Crippen LogP contribution in [0.3, 0.4) is 0 Å². The maximum Gasteiger partial charge on any atom is 0.306 e. The molecule has 0 aliphatic rings. The van der Waals surface area contributed by atoms with Gasteiger partial charge in [0, 0.05) is 19.3 Å². The van der Waals surface area contributed by atoms with Crippen molar-refractivity contribution in [1.82, 2.24) is 0 Å². The molecule has 55 heavy (non-hydrogen) atoms. The summed E-state index contributed by atoms with van der Waals surface area (Å²) < 4.78 is 16.5. The first-order valence-corrected chi connectivity index (χ1v) is 21.8. The molecule has 1 atom stereocenters. The summed E-state index contributed by atoms with van der Waals surface area (Å²) in [6.45, 7) is 6.28. The first-order valence-electron chi connectivity index (χ1n) is 21.8. The van der Waals surface area contributed by atoms with Gasteiger partial charge in [-0.1, -0.05) is 176 Å². The second-order valence-corrected chi connectivity index (χ2v) is 14.0. The normalized spacial score (nSPS) is 13.0. The molecule has 0 spiro atoms. The van der Waals surface area contributed by atoms with Crippen molar-refractivity contribution in [3.8, 4) is 0 Å². The Labute approximate surface area is 337 Å². The highest BCUT2D eigenvalue weighted by molar-refractivity contribution is 5.71. The largest absolute Gasteiger partial charge is 0.462 e. The molecule has 1 unspecified atom stereocenters. The van der Waals surface area contributed by atoms with E-state index in [9.17, 15) is 14.4 Å². The van der Waals surface area contributed by atoms with Gasteiger partial charge in [0.05, 0.1) is 0 Å². The molecule has 6 nitrogen and oxygen atoms in total. The molecule has 0 aliphatic heterocycles.